The smallest absolute Gasteiger partial charge is 0.413 e. The second kappa shape index (κ2) is 6.18. The molecule has 0 fully saturated rings. The van der Waals surface area contributed by atoms with Gasteiger partial charge in [-0.05, 0) is 17.7 Å². The maximum Gasteiger partial charge on any atom is 0.413 e. The number of anilines is 1. The summed E-state index contributed by atoms with van der Waals surface area (Å²) >= 11 is 0. The number of ether oxygens (including phenoxy) is 1. The van der Waals surface area contributed by atoms with Crippen molar-refractivity contribution in [2.75, 3.05) is 5.32 Å². The Morgan fingerprint density at radius 1 is 1.13 bits per heavy atom. The quantitative estimate of drug-likeness (QED) is 0.773. The van der Waals surface area contributed by atoms with Crippen LogP contribution < -0.4 is 5.32 Å². The van der Waals surface area contributed by atoms with Crippen LogP contribution in [0.5, 0.6) is 0 Å². The third kappa shape index (κ3) is 3.13. The summed E-state index contributed by atoms with van der Waals surface area (Å²) in [6.07, 6.45) is 0.835. The molecule has 0 atom stereocenters. The second-order valence-electron chi connectivity index (χ2n) is 4.75. The van der Waals surface area contributed by atoms with Gasteiger partial charge >= 0.3 is 12.1 Å². The lowest BCUT2D eigenvalue weighted by atomic mass is 10.2. The van der Waals surface area contributed by atoms with Crippen LogP contribution in [0.3, 0.4) is 0 Å². The van der Waals surface area contributed by atoms with E-state index in [1.807, 2.05) is 30.3 Å². The molecule has 0 spiro atoms. The molecule has 0 aliphatic carbocycles. The summed E-state index contributed by atoms with van der Waals surface area (Å²) in [4.78, 5) is 23.3. The first-order chi connectivity index (χ1) is 11.1. The van der Waals surface area contributed by atoms with Gasteiger partial charge < -0.3 is 9.84 Å². The number of fused-ring (bicyclic) bond motifs is 1. The number of benzene rings is 1. The third-order valence-corrected chi connectivity index (χ3v) is 3.19. The number of hydrogen-bond acceptors (Lipinski definition) is 4. The van der Waals surface area contributed by atoms with Crippen molar-refractivity contribution in [3.8, 4) is 0 Å². The van der Waals surface area contributed by atoms with Crippen molar-refractivity contribution in [1.82, 2.24) is 9.61 Å². The first-order valence-electron chi connectivity index (χ1n) is 6.83. The first kappa shape index (κ1) is 14.6. The molecular formula is C16H13N3O4. The highest BCUT2D eigenvalue weighted by atomic mass is 16.5. The molecule has 2 aromatic heterocycles. The van der Waals surface area contributed by atoms with Gasteiger partial charge in [0, 0.05) is 6.20 Å². The number of nitrogens with one attached hydrogen (secondary N) is 1. The van der Waals surface area contributed by atoms with Gasteiger partial charge in [-0.3, -0.25) is 5.32 Å². The van der Waals surface area contributed by atoms with Crippen molar-refractivity contribution in [2.24, 2.45) is 0 Å². The number of rotatable bonds is 4. The van der Waals surface area contributed by atoms with Crippen LogP contribution in [-0.2, 0) is 11.3 Å². The van der Waals surface area contributed by atoms with Crippen molar-refractivity contribution >= 4 is 23.4 Å². The van der Waals surface area contributed by atoms with Gasteiger partial charge in [0.25, 0.3) is 0 Å². The molecule has 7 heteroatoms. The lowest BCUT2D eigenvalue weighted by Gasteiger charge is -2.05. The average molecular weight is 311 g/mol. The molecule has 23 heavy (non-hydrogen) atoms. The zero-order valence-electron chi connectivity index (χ0n) is 12.0. The van der Waals surface area contributed by atoms with Crippen LogP contribution in [0.4, 0.5) is 10.6 Å². The number of pyridine rings is 1. The molecule has 2 N–H and O–H groups in total. The molecule has 0 aliphatic rings. The summed E-state index contributed by atoms with van der Waals surface area (Å²) in [5.74, 6) is -1.23. The highest BCUT2D eigenvalue weighted by Gasteiger charge is 2.20. The molecule has 0 unspecified atom stereocenters. The molecular weight excluding hydrogens is 298 g/mol. The zero-order valence-corrected chi connectivity index (χ0v) is 12.0. The fourth-order valence-corrected chi connectivity index (χ4v) is 2.15. The van der Waals surface area contributed by atoms with Crippen LogP contribution in [0.15, 0.2) is 54.7 Å². The first-order valence-corrected chi connectivity index (χ1v) is 6.83. The van der Waals surface area contributed by atoms with Gasteiger partial charge in [-0.25, -0.2) is 14.1 Å². The highest BCUT2D eigenvalue weighted by molar-refractivity contribution is 6.03. The molecule has 0 radical (unpaired) electrons. The molecule has 0 aliphatic heterocycles. The van der Waals surface area contributed by atoms with Crippen LogP contribution in [0.2, 0.25) is 0 Å². The van der Waals surface area contributed by atoms with Gasteiger partial charge in [0.1, 0.15) is 12.2 Å². The minimum atomic E-state index is -1.18. The van der Waals surface area contributed by atoms with Crippen LogP contribution >= 0.6 is 0 Å². The van der Waals surface area contributed by atoms with E-state index in [0.29, 0.717) is 5.52 Å². The Hall–Kier alpha value is -3.35. The van der Waals surface area contributed by atoms with E-state index in [1.54, 1.807) is 24.4 Å². The summed E-state index contributed by atoms with van der Waals surface area (Å²) < 4.78 is 6.46. The Labute approximate surface area is 131 Å². The third-order valence-electron chi connectivity index (χ3n) is 3.19. The minimum Gasteiger partial charge on any atom is -0.477 e. The number of nitrogens with zero attached hydrogens (tertiary/aromatic N) is 2. The van der Waals surface area contributed by atoms with Crippen LogP contribution in [-0.4, -0.2) is 26.8 Å². The average Bonchev–Trinajstić information content (AvgIpc) is 2.91. The summed E-state index contributed by atoms with van der Waals surface area (Å²) in [5, 5.41) is 15.8. The van der Waals surface area contributed by atoms with E-state index >= 15 is 0 Å². The van der Waals surface area contributed by atoms with E-state index in [2.05, 4.69) is 10.4 Å². The van der Waals surface area contributed by atoms with Gasteiger partial charge in [0.05, 0.1) is 5.52 Å². The standard InChI is InChI=1S/C16H13N3O4/c20-15(21)13-12-8-4-5-9-19(12)18-14(13)17-16(22)23-10-11-6-2-1-3-7-11/h1-9H,10H2,(H,20,21)(H,17,18,22). The maximum atomic E-state index is 11.9. The van der Waals surface area contributed by atoms with E-state index in [4.69, 9.17) is 4.74 Å². The van der Waals surface area contributed by atoms with Gasteiger partial charge in [-0.1, -0.05) is 36.4 Å². The Bertz CT molecular complexity index is 858. The number of carboxylic acids is 1. The largest absolute Gasteiger partial charge is 0.477 e. The van der Waals surface area contributed by atoms with Gasteiger partial charge in [0.15, 0.2) is 5.82 Å². The van der Waals surface area contributed by atoms with Crippen LogP contribution in [0, 0.1) is 0 Å². The Kier molecular flexibility index (Phi) is 3.92. The molecule has 0 saturated carbocycles. The summed E-state index contributed by atoms with van der Waals surface area (Å²) in [7, 11) is 0. The number of carboxylic acid groups (broad SMARTS) is 1. The van der Waals surface area contributed by atoms with Crippen molar-refractivity contribution in [3.63, 3.8) is 0 Å². The number of aromatic nitrogens is 2. The van der Waals surface area contributed by atoms with E-state index in [9.17, 15) is 14.7 Å². The fraction of sp³-hybridized carbons (Fsp3) is 0.0625. The van der Waals surface area contributed by atoms with Gasteiger partial charge in [0.2, 0.25) is 0 Å². The number of carbonyl (C=O) groups excluding carboxylic acids is 1. The van der Waals surface area contributed by atoms with Crippen molar-refractivity contribution in [2.45, 2.75) is 6.61 Å². The van der Waals surface area contributed by atoms with Gasteiger partial charge in [-0.15, -0.1) is 5.10 Å². The molecule has 3 aromatic rings. The zero-order chi connectivity index (χ0) is 16.2. The van der Waals surface area contributed by atoms with Crippen molar-refractivity contribution in [3.05, 3.63) is 65.9 Å². The van der Waals surface area contributed by atoms with Crippen molar-refractivity contribution in [1.29, 1.82) is 0 Å². The van der Waals surface area contributed by atoms with E-state index in [0.717, 1.165) is 5.56 Å². The molecule has 0 bridgehead atoms. The normalized spacial score (nSPS) is 10.4. The molecule has 7 nitrogen and oxygen atoms in total. The molecule has 0 saturated heterocycles. The molecule has 1 aromatic carbocycles. The number of carbonyl (C=O) groups is 2. The fourth-order valence-electron chi connectivity index (χ4n) is 2.15. The second-order valence-corrected chi connectivity index (χ2v) is 4.75. The van der Waals surface area contributed by atoms with Gasteiger partial charge in [-0.2, -0.15) is 0 Å². The van der Waals surface area contributed by atoms with E-state index in [-0.39, 0.29) is 18.0 Å². The van der Waals surface area contributed by atoms with Crippen LogP contribution in [0.25, 0.3) is 5.52 Å². The summed E-state index contributed by atoms with van der Waals surface area (Å²) in [6, 6.07) is 14.2. The van der Waals surface area contributed by atoms with E-state index < -0.39 is 12.1 Å². The molecule has 2 heterocycles. The minimum absolute atomic E-state index is 0.0539. The SMILES string of the molecule is O=C(Nc1nn2ccccc2c1C(=O)O)OCc1ccccc1. The Morgan fingerprint density at radius 3 is 2.61 bits per heavy atom. The number of hydrogen-bond donors (Lipinski definition) is 2. The highest BCUT2D eigenvalue weighted by Crippen LogP contribution is 2.20. The monoisotopic (exact) mass is 311 g/mol. The molecule has 1 amide bonds. The summed E-state index contributed by atoms with van der Waals surface area (Å²) in [5.41, 5.74) is 1.14. The number of aromatic carboxylic acids is 1. The van der Waals surface area contributed by atoms with E-state index in [1.165, 1.54) is 4.52 Å². The van der Waals surface area contributed by atoms with Crippen LogP contribution in [0.1, 0.15) is 15.9 Å². The summed E-state index contributed by atoms with van der Waals surface area (Å²) in [6.45, 7) is 0.0858. The number of amides is 1. The molecule has 3 rings (SSSR count). The Balaban J connectivity index is 1.77. The maximum absolute atomic E-state index is 11.9. The topological polar surface area (TPSA) is 92.9 Å². The predicted octanol–water partition coefficient (Wildman–Crippen LogP) is 2.78. The lowest BCUT2D eigenvalue weighted by molar-refractivity contribution is 0.0700. The Morgan fingerprint density at radius 2 is 1.87 bits per heavy atom. The lowest BCUT2D eigenvalue weighted by Crippen LogP contribution is -2.16. The predicted molar refractivity (Wildman–Crippen MR) is 82.4 cm³/mol. The molecule has 116 valence electrons. The van der Waals surface area contributed by atoms with Crippen molar-refractivity contribution < 1.29 is 19.4 Å².